The van der Waals surface area contributed by atoms with Gasteiger partial charge in [-0.3, -0.25) is 9.58 Å². The number of methoxy groups -OCH3 is 1. The van der Waals surface area contributed by atoms with Gasteiger partial charge < -0.3 is 25.8 Å². The Morgan fingerprint density at radius 2 is 2.03 bits per heavy atom. The van der Waals surface area contributed by atoms with Crippen molar-refractivity contribution in [3.63, 3.8) is 0 Å². The van der Waals surface area contributed by atoms with Crippen LogP contribution >= 0.6 is 0 Å². The SMILES string of the molecule is COc1cc(-c2cnn(C)c2)ccc1N1C(N)=NC=C2C=CN(CC3(C)COC3)C(N)=C21. The number of fused-ring (bicyclic) bond motifs is 1. The summed E-state index contributed by atoms with van der Waals surface area (Å²) in [5.41, 5.74) is 17.6. The molecule has 1 saturated heterocycles. The number of benzene rings is 1. The third-order valence-corrected chi connectivity index (χ3v) is 5.96. The predicted molar refractivity (Wildman–Crippen MR) is 123 cm³/mol. The first kappa shape index (κ1) is 20.2. The van der Waals surface area contributed by atoms with Crippen molar-refractivity contribution in [2.24, 2.45) is 28.9 Å². The molecule has 0 unspecified atom stereocenters. The quantitative estimate of drug-likeness (QED) is 0.744. The number of nitrogens with zero attached hydrogens (tertiary/aromatic N) is 5. The molecular weight excluding hydrogens is 406 g/mol. The number of allylic oxidation sites excluding steroid dienone is 1. The number of aliphatic imine (C=N–C) groups is 1. The van der Waals surface area contributed by atoms with Crippen LogP contribution in [-0.4, -0.2) is 47.5 Å². The molecule has 0 atom stereocenters. The molecule has 4 heterocycles. The van der Waals surface area contributed by atoms with Crippen molar-refractivity contribution in [1.29, 1.82) is 0 Å². The summed E-state index contributed by atoms with van der Waals surface area (Å²) in [5, 5.41) is 4.26. The first-order valence-corrected chi connectivity index (χ1v) is 10.4. The number of aryl methyl sites for hydroxylation is 1. The van der Waals surface area contributed by atoms with Gasteiger partial charge in [-0.1, -0.05) is 13.0 Å². The van der Waals surface area contributed by atoms with Crippen LogP contribution in [0.15, 0.2) is 71.2 Å². The lowest BCUT2D eigenvalue weighted by molar-refractivity contribution is -0.108. The molecule has 1 fully saturated rings. The van der Waals surface area contributed by atoms with E-state index < -0.39 is 0 Å². The number of hydrogen-bond donors (Lipinski definition) is 2. The molecule has 9 heteroatoms. The average Bonchev–Trinajstić information content (AvgIpc) is 3.21. The molecule has 0 saturated carbocycles. The van der Waals surface area contributed by atoms with Gasteiger partial charge in [0.2, 0.25) is 5.96 Å². The summed E-state index contributed by atoms with van der Waals surface area (Å²) in [6.45, 7) is 4.40. The fraction of sp³-hybridized carbons (Fsp3) is 0.304. The Morgan fingerprint density at radius 1 is 1.22 bits per heavy atom. The molecular formula is C23H27N7O2. The van der Waals surface area contributed by atoms with E-state index in [9.17, 15) is 0 Å². The third kappa shape index (κ3) is 3.31. The molecule has 32 heavy (non-hydrogen) atoms. The summed E-state index contributed by atoms with van der Waals surface area (Å²) in [6, 6.07) is 5.95. The van der Waals surface area contributed by atoms with Gasteiger partial charge in [-0.25, -0.2) is 4.99 Å². The summed E-state index contributed by atoms with van der Waals surface area (Å²) >= 11 is 0. The van der Waals surface area contributed by atoms with Crippen LogP contribution in [0.2, 0.25) is 0 Å². The smallest absolute Gasteiger partial charge is 0.205 e. The van der Waals surface area contributed by atoms with Crippen LogP contribution in [0.4, 0.5) is 5.69 Å². The highest BCUT2D eigenvalue weighted by atomic mass is 16.5. The molecule has 5 rings (SSSR count). The zero-order valence-corrected chi connectivity index (χ0v) is 18.4. The molecule has 4 N–H and O–H groups in total. The standard InChI is InChI=1S/C23H27N7O2/c1-23(13-32-14-23)12-29-7-6-16-9-26-22(25)30(20(16)21(29)24)18-5-4-15(8-19(18)31-3)17-10-27-28(2)11-17/h4-11H,12-14,24H2,1-3H3,(H2,25,26). The number of hydrogen-bond acceptors (Lipinski definition) is 8. The molecule has 1 aromatic carbocycles. The van der Waals surface area contributed by atoms with Crippen LogP contribution in [0.5, 0.6) is 5.75 Å². The molecule has 0 spiro atoms. The van der Waals surface area contributed by atoms with Crippen LogP contribution in [0.1, 0.15) is 6.92 Å². The highest BCUT2D eigenvalue weighted by molar-refractivity contribution is 6.02. The van der Waals surface area contributed by atoms with E-state index in [2.05, 4.69) is 21.9 Å². The van der Waals surface area contributed by atoms with Gasteiger partial charge in [0.15, 0.2) is 0 Å². The number of nitrogens with two attached hydrogens (primary N) is 2. The van der Waals surface area contributed by atoms with Crippen LogP contribution < -0.4 is 21.1 Å². The first-order chi connectivity index (χ1) is 15.4. The van der Waals surface area contributed by atoms with Crippen molar-refractivity contribution in [3.05, 3.63) is 66.2 Å². The van der Waals surface area contributed by atoms with Crippen LogP contribution in [0, 0.1) is 5.41 Å². The summed E-state index contributed by atoms with van der Waals surface area (Å²) in [4.78, 5) is 8.31. The average molecular weight is 434 g/mol. The molecule has 0 bridgehead atoms. The van der Waals surface area contributed by atoms with Gasteiger partial charge in [0, 0.05) is 48.7 Å². The topological polar surface area (TPSA) is 107 Å². The molecule has 3 aliphatic heterocycles. The maximum atomic E-state index is 6.69. The van der Waals surface area contributed by atoms with Crippen LogP contribution in [0.25, 0.3) is 11.1 Å². The minimum Gasteiger partial charge on any atom is -0.495 e. The molecule has 9 nitrogen and oxygen atoms in total. The Morgan fingerprint density at radius 3 is 2.69 bits per heavy atom. The zero-order chi connectivity index (χ0) is 22.5. The molecule has 3 aliphatic rings. The van der Waals surface area contributed by atoms with Crippen molar-refractivity contribution in [2.45, 2.75) is 6.92 Å². The van der Waals surface area contributed by atoms with Crippen molar-refractivity contribution >= 4 is 11.6 Å². The van der Waals surface area contributed by atoms with Gasteiger partial charge in [-0.15, -0.1) is 0 Å². The third-order valence-electron chi connectivity index (χ3n) is 5.96. The Balaban J connectivity index is 1.56. The number of ether oxygens (including phenoxy) is 2. The van der Waals surface area contributed by atoms with Gasteiger partial charge in [0.25, 0.3) is 0 Å². The van der Waals surface area contributed by atoms with Crippen molar-refractivity contribution in [1.82, 2.24) is 14.7 Å². The Labute approximate surface area is 186 Å². The second-order valence-corrected chi connectivity index (χ2v) is 8.68. The van der Waals surface area contributed by atoms with E-state index >= 15 is 0 Å². The maximum absolute atomic E-state index is 6.69. The normalized spacial score (nSPS) is 19.3. The summed E-state index contributed by atoms with van der Waals surface area (Å²) in [5.74, 6) is 1.60. The van der Waals surface area contributed by atoms with E-state index in [1.165, 1.54) is 0 Å². The molecule has 2 aromatic rings. The van der Waals surface area contributed by atoms with Crippen LogP contribution in [0.3, 0.4) is 0 Å². The minimum absolute atomic E-state index is 0.0684. The zero-order valence-electron chi connectivity index (χ0n) is 18.4. The largest absolute Gasteiger partial charge is 0.495 e. The second-order valence-electron chi connectivity index (χ2n) is 8.68. The van der Waals surface area contributed by atoms with Crippen molar-refractivity contribution in [2.75, 3.05) is 31.8 Å². The van der Waals surface area contributed by atoms with E-state index in [-0.39, 0.29) is 5.41 Å². The van der Waals surface area contributed by atoms with Crippen LogP contribution in [-0.2, 0) is 11.8 Å². The Kier molecular flexibility index (Phi) is 4.70. The number of guanidine groups is 1. The predicted octanol–water partition coefficient (Wildman–Crippen LogP) is 2.11. The number of anilines is 1. The summed E-state index contributed by atoms with van der Waals surface area (Å²) in [7, 11) is 3.53. The second kappa shape index (κ2) is 7.45. The fourth-order valence-electron chi connectivity index (χ4n) is 4.22. The Bertz CT molecular complexity index is 1190. The number of aromatic nitrogens is 2. The maximum Gasteiger partial charge on any atom is 0.205 e. The van der Waals surface area contributed by atoms with E-state index in [0.717, 1.165) is 47.8 Å². The summed E-state index contributed by atoms with van der Waals surface area (Å²) in [6.07, 6.45) is 9.52. The van der Waals surface area contributed by atoms with Gasteiger partial charge >= 0.3 is 0 Å². The Hall–Kier alpha value is -3.72. The molecule has 0 aliphatic carbocycles. The van der Waals surface area contributed by atoms with Crippen molar-refractivity contribution < 1.29 is 9.47 Å². The molecule has 1 aromatic heterocycles. The molecule has 0 amide bonds. The lowest BCUT2D eigenvalue weighted by atomic mass is 9.88. The van der Waals surface area contributed by atoms with E-state index in [4.69, 9.17) is 20.9 Å². The lowest BCUT2D eigenvalue weighted by Crippen LogP contribution is -2.50. The van der Waals surface area contributed by atoms with Crippen molar-refractivity contribution in [3.8, 4) is 16.9 Å². The lowest BCUT2D eigenvalue weighted by Gasteiger charge is -2.43. The van der Waals surface area contributed by atoms with E-state index in [1.807, 2.05) is 54.8 Å². The molecule has 166 valence electrons. The van der Waals surface area contributed by atoms with E-state index in [1.54, 1.807) is 18.0 Å². The fourth-order valence-corrected chi connectivity index (χ4v) is 4.22. The minimum atomic E-state index is 0.0684. The van der Waals surface area contributed by atoms with Gasteiger partial charge in [-0.05, 0) is 23.8 Å². The summed E-state index contributed by atoms with van der Waals surface area (Å²) < 4.78 is 12.9. The highest BCUT2D eigenvalue weighted by Gasteiger charge is 2.38. The highest BCUT2D eigenvalue weighted by Crippen LogP contribution is 2.40. The van der Waals surface area contributed by atoms with Gasteiger partial charge in [0.05, 0.1) is 37.9 Å². The van der Waals surface area contributed by atoms with Gasteiger partial charge in [0.1, 0.15) is 11.6 Å². The number of rotatable bonds is 5. The molecule has 0 radical (unpaired) electrons. The van der Waals surface area contributed by atoms with E-state index in [0.29, 0.717) is 17.5 Å². The first-order valence-electron chi connectivity index (χ1n) is 10.4. The van der Waals surface area contributed by atoms with Gasteiger partial charge in [-0.2, -0.15) is 5.10 Å². The monoisotopic (exact) mass is 433 g/mol.